The second-order valence-corrected chi connectivity index (χ2v) is 7.42. The fourth-order valence-electron chi connectivity index (χ4n) is 3.72. The summed E-state index contributed by atoms with van der Waals surface area (Å²) in [5.74, 6) is 2.38. The van der Waals surface area contributed by atoms with Crippen LogP contribution in [0.1, 0.15) is 47.8 Å². The highest BCUT2D eigenvalue weighted by Gasteiger charge is 2.30. The first-order valence-electron chi connectivity index (χ1n) is 9.61. The minimum Gasteiger partial charge on any atom is -0.353 e. The van der Waals surface area contributed by atoms with E-state index in [2.05, 4.69) is 20.4 Å². The number of rotatable bonds is 4. The van der Waals surface area contributed by atoms with Crippen LogP contribution in [0.4, 0.5) is 5.82 Å². The molecule has 1 N–H and O–H groups in total. The highest BCUT2D eigenvalue weighted by Crippen LogP contribution is 2.38. The second kappa shape index (κ2) is 6.64. The lowest BCUT2D eigenvalue weighted by atomic mass is 10.0. The molecule has 1 aromatic carbocycles. The van der Waals surface area contributed by atoms with Gasteiger partial charge in [-0.3, -0.25) is 4.79 Å². The molecule has 1 saturated heterocycles. The van der Waals surface area contributed by atoms with E-state index in [-0.39, 0.29) is 11.9 Å². The van der Waals surface area contributed by atoms with Crippen LogP contribution in [0.15, 0.2) is 42.5 Å². The zero-order valence-corrected chi connectivity index (χ0v) is 15.1. The summed E-state index contributed by atoms with van der Waals surface area (Å²) < 4.78 is 1.89. The highest BCUT2D eigenvalue weighted by molar-refractivity contribution is 5.94. The molecular weight excluding hydrogens is 340 g/mol. The third-order valence-corrected chi connectivity index (χ3v) is 5.33. The molecule has 1 atom stereocenters. The molecule has 3 heterocycles. The maximum absolute atomic E-state index is 12.5. The Morgan fingerprint density at radius 1 is 1.04 bits per heavy atom. The van der Waals surface area contributed by atoms with E-state index in [1.807, 2.05) is 47.0 Å². The van der Waals surface area contributed by atoms with E-state index in [4.69, 9.17) is 5.10 Å². The van der Waals surface area contributed by atoms with E-state index in [0.29, 0.717) is 11.5 Å². The molecular formula is C20H22N6O. The molecule has 7 heteroatoms. The van der Waals surface area contributed by atoms with Crippen molar-refractivity contribution in [1.29, 1.82) is 0 Å². The maximum Gasteiger partial charge on any atom is 0.251 e. The number of amides is 1. The second-order valence-electron chi connectivity index (χ2n) is 7.42. The molecule has 1 unspecified atom stereocenters. The van der Waals surface area contributed by atoms with Gasteiger partial charge in [0.25, 0.3) is 5.91 Å². The fourth-order valence-corrected chi connectivity index (χ4v) is 3.72. The number of piperidine rings is 1. The predicted molar refractivity (Wildman–Crippen MR) is 102 cm³/mol. The van der Waals surface area contributed by atoms with Gasteiger partial charge in [0, 0.05) is 30.6 Å². The van der Waals surface area contributed by atoms with Gasteiger partial charge in [-0.25, -0.2) is 0 Å². The van der Waals surface area contributed by atoms with Crippen molar-refractivity contribution in [3.8, 4) is 0 Å². The summed E-state index contributed by atoms with van der Waals surface area (Å²) in [6.45, 7) is 1.70. The Morgan fingerprint density at radius 2 is 1.89 bits per heavy atom. The zero-order valence-electron chi connectivity index (χ0n) is 15.1. The number of carbonyl (C=O) groups is 1. The third kappa shape index (κ3) is 3.25. The Kier molecular flexibility index (Phi) is 3.99. The smallest absolute Gasteiger partial charge is 0.251 e. The first kappa shape index (κ1) is 16.2. The first-order valence-corrected chi connectivity index (χ1v) is 9.61. The number of benzene rings is 1. The van der Waals surface area contributed by atoms with Gasteiger partial charge in [-0.1, -0.05) is 18.2 Å². The van der Waals surface area contributed by atoms with Crippen molar-refractivity contribution < 1.29 is 4.79 Å². The Balaban J connectivity index is 1.32. The minimum absolute atomic E-state index is 0.0132. The summed E-state index contributed by atoms with van der Waals surface area (Å²) in [4.78, 5) is 14.7. The van der Waals surface area contributed by atoms with Crippen molar-refractivity contribution in [2.45, 2.75) is 37.6 Å². The first-order chi connectivity index (χ1) is 13.3. The van der Waals surface area contributed by atoms with Crippen molar-refractivity contribution in [2.24, 2.45) is 0 Å². The lowest BCUT2D eigenvalue weighted by Crippen LogP contribution is -2.48. The van der Waals surface area contributed by atoms with Gasteiger partial charge in [0.2, 0.25) is 0 Å². The Morgan fingerprint density at radius 3 is 2.70 bits per heavy atom. The Hall–Kier alpha value is -2.96. The Bertz CT molecular complexity index is 965. The SMILES string of the molecule is O=C(NC1CCCN(c2ccc3nnc(C4CC4)n3n2)C1)c1ccccc1. The molecule has 1 aliphatic heterocycles. The van der Waals surface area contributed by atoms with Crippen molar-refractivity contribution in [3.05, 3.63) is 53.9 Å². The van der Waals surface area contributed by atoms with E-state index in [9.17, 15) is 4.79 Å². The molecule has 0 spiro atoms. The van der Waals surface area contributed by atoms with E-state index in [1.165, 1.54) is 12.8 Å². The van der Waals surface area contributed by atoms with Gasteiger partial charge < -0.3 is 10.2 Å². The minimum atomic E-state index is -0.0132. The van der Waals surface area contributed by atoms with Crippen LogP contribution in [-0.4, -0.2) is 44.8 Å². The van der Waals surface area contributed by atoms with Crippen LogP contribution in [0.3, 0.4) is 0 Å². The normalized spacial score (nSPS) is 20.0. The molecule has 0 bridgehead atoms. The van der Waals surface area contributed by atoms with Crippen molar-refractivity contribution in [3.63, 3.8) is 0 Å². The standard InChI is InChI=1S/C20H22N6O/c27-20(15-5-2-1-3-6-15)21-16-7-4-12-25(13-16)18-11-10-17-22-23-19(14-8-9-14)26(17)24-18/h1-3,5-6,10-11,14,16H,4,7-9,12-13H2,(H,21,27). The summed E-state index contributed by atoms with van der Waals surface area (Å²) in [6.07, 6.45) is 4.35. The van der Waals surface area contributed by atoms with E-state index in [0.717, 1.165) is 43.2 Å². The molecule has 7 nitrogen and oxygen atoms in total. The topological polar surface area (TPSA) is 75.4 Å². The van der Waals surface area contributed by atoms with E-state index < -0.39 is 0 Å². The summed E-state index contributed by atoms with van der Waals surface area (Å²) in [6, 6.07) is 13.5. The number of aromatic nitrogens is 4. The van der Waals surface area contributed by atoms with Gasteiger partial charge in [0.15, 0.2) is 11.5 Å². The summed E-state index contributed by atoms with van der Waals surface area (Å²) in [5.41, 5.74) is 1.50. The van der Waals surface area contributed by atoms with Crippen LogP contribution in [0.5, 0.6) is 0 Å². The predicted octanol–water partition coefficient (Wildman–Crippen LogP) is 2.40. The van der Waals surface area contributed by atoms with Crippen LogP contribution in [0, 0.1) is 0 Å². The lowest BCUT2D eigenvalue weighted by Gasteiger charge is -2.33. The molecule has 3 aromatic rings. The van der Waals surface area contributed by atoms with Gasteiger partial charge >= 0.3 is 0 Å². The lowest BCUT2D eigenvalue weighted by molar-refractivity contribution is 0.0933. The van der Waals surface area contributed by atoms with E-state index in [1.54, 1.807) is 0 Å². The quantitative estimate of drug-likeness (QED) is 0.771. The Labute approximate surface area is 157 Å². The summed E-state index contributed by atoms with van der Waals surface area (Å²) >= 11 is 0. The van der Waals surface area contributed by atoms with Gasteiger partial charge in [0.1, 0.15) is 5.82 Å². The largest absolute Gasteiger partial charge is 0.353 e. The average Bonchev–Trinajstić information content (AvgIpc) is 3.47. The third-order valence-electron chi connectivity index (χ3n) is 5.33. The van der Waals surface area contributed by atoms with Crippen LogP contribution in [0.2, 0.25) is 0 Å². The van der Waals surface area contributed by atoms with Crippen LogP contribution >= 0.6 is 0 Å². The van der Waals surface area contributed by atoms with Gasteiger partial charge in [-0.05, 0) is 49.9 Å². The number of anilines is 1. The fraction of sp³-hybridized carbons (Fsp3) is 0.400. The van der Waals surface area contributed by atoms with Gasteiger partial charge in [0.05, 0.1) is 0 Å². The number of carbonyl (C=O) groups excluding carboxylic acids is 1. The van der Waals surface area contributed by atoms with Gasteiger partial charge in [-0.15, -0.1) is 15.3 Å². The monoisotopic (exact) mass is 362 g/mol. The van der Waals surface area contributed by atoms with Crippen molar-refractivity contribution >= 4 is 17.4 Å². The molecule has 0 radical (unpaired) electrons. The number of fused-ring (bicyclic) bond motifs is 1. The van der Waals surface area contributed by atoms with Gasteiger partial charge in [-0.2, -0.15) is 4.52 Å². The molecule has 27 heavy (non-hydrogen) atoms. The molecule has 2 aromatic heterocycles. The number of hydrogen-bond donors (Lipinski definition) is 1. The molecule has 2 fully saturated rings. The van der Waals surface area contributed by atoms with Crippen LogP contribution in [-0.2, 0) is 0 Å². The van der Waals surface area contributed by atoms with Crippen LogP contribution in [0.25, 0.3) is 5.65 Å². The van der Waals surface area contributed by atoms with Crippen molar-refractivity contribution in [1.82, 2.24) is 25.1 Å². The van der Waals surface area contributed by atoms with Crippen LogP contribution < -0.4 is 10.2 Å². The number of nitrogens with zero attached hydrogens (tertiary/aromatic N) is 5. The highest BCUT2D eigenvalue weighted by atomic mass is 16.1. The zero-order chi connectivity index (χ0) is 18.2. The van der Waals surface area contributed by atoms with E-state index >= 15 is 0 Å². The van der Waals surface area contributed by atoms with Crippen molar-refractivity contribution in [2.75, 3.05) is 18.0 Å². The molecule has 1 aliphatic carbocycles. The number of hydrogen-bond acceptors (Lipinski definition) is 5. The average molecular weight is 362 g/mol. The number of nitrogens with one attached hydrogen (secondary N) is 1. The molecule has 2 aliphatic rings. The molecule has 138 valence electrons. The molecule has 1 saturated carbocycles. The maximum atomic E-state index is 12.5. The summed E-state index contributed by atoms with van der Waals surface area (Å²) in [5, 5.41) is 16.5. The molecule has 5 rings (SSSR count). The summed E-state index contributed by atoms with van der Waals surface area (Å²) in [7, 11) is 0. The molecule has 1 amide bonds.